The zero-order valence-corrected chi connectivity index (χ0v) is 13.5. The molecule has 1 aliphatic heterocycles. The Balaban J connectivity index is 2.10. The third kappa shape index (κ3) is 3.47. The molecule has 1 aromatic heterocycles. The molecule has 120 valence electrons. The number of thiophene rings is 1. The Morgan fingerprint density at radius 3 is 2.82 bits per heavy atom. The van der Waals surface area contributed by atoms with Crippen LogP contribution in [-0.4, -0.2) is 43.0 Å². The van der Waals surface area contributed by atoms with Crippen LogP contribution in [0.3, 0.4) is 0 Å². The van der Waals surface area contributed by atoms with Crippen LogP contribution in [0.5, 0.6) is 0 Å². The standard InChI is InChI=1S/C15H19NO5S/c1-3-21-13(18)5-4-12(17)16-8-6-11-10(7-9-22-11)14(16)15(19)20-2/h7,9,14H,3-6,8H2,1-2H3. The molecule has 0 fully saturated rings. The highest BCUT2D eigenvalue weighted by molar-refractivity contribution is 7.10. The fraction of sp³-hybridized carbons (Fsp3) is 0.533. The number of methoxy groups -OCH3 is 1. The minimum absolute atomic E-state index is 0.0214. The first-order valence-electron chi connectivity index (χ1n) is 7.17. The fourth-order valence-corrected chi connectivity index (χ4v) is 3.44. The van der Waals surface area contributed by atoms with Crippen molar-refractivity contribution in [1.82, 2.24) is 4.90 Å². The van der Waals surface area contributed by atoms with Crippen molar-refractivity contribution in [1.29, 1.82) is 0 Å². The van der Waals surface area contributed by atoms with Gasteiger partial charge in [0.15, 0.2) is 6.04 Å². The van der Waals surface area contributed by atoms with E-state index in [1.165, 1.54) is 12.0 Å². The van der Waals surface area contributed by atoms with Crippen molar-refractivity contribution in [2.75, 3.05) is 20.3 Å². The molecule has 0 saturated heterocycles. The number of hydrogen-bond donors (Lipinski definition) is 0. The topological polar surface area (TPSA) is 72.9 Å². The highest BCUT2D eigenvalue weighted by Gasteiger charge is 2.37. The number of ether oxygens (including phenoxy) is 2. The van der Waals surface area contributed by atoms with E-state index in [1.807, 2.05) is 11.4 Å². The Labute approximate surface area is 133 Å². The summed E-state index contributed by atoms with van der Waals surface area (Å²) >= 11 is 1.58. The fourth-order valence-electron chi connectivity index (χ4n) is 2.54. The second-order valence-corrected chi connectivity index (χ2v) is 5.87. The molecule has 2 rings (SSSR count). The van der Waals surface area contributed by atoms with Gasteiger partial charge in [0.2, 0.25) is 5.91 Å². The van der Waals surface area contributed by atoms with E-state index in [-0.39, 0.29) is 18.7 Å². The summed E-state index contributed by atoms with van der Waals surface area (Å²) in [6.07, 6.45) is 0.769. The van der Waals surface area contributed by atoms with E-state index < -0.39 is 18.0 Å². The van der Waals surface area contributed by atoms with Gasteiger partial charge in [-0.1, -0.05) is 0 Å². The zero-order valence-electron chi connectivity index (χ0n) is 12.7. The van der Waals surface area contributed by atoms with Gasteiger partial charge in [-0.05, 0) is 30.4 Å². The first-order valence-corrected chi connectivity index (χ1v) is 8.05. The van der Waals surface area contributed by atoms with Gasteiger partial charge in [0.1, 0.15) is 0 Å². The number of hydrogen-bond acceptors (Lipinski definition) is 6. The van der Waals surface area contributed by atoms with Crippen molar-refractivity contribution >= 4 is 29.2 Å². The van der Waals surface area contributed by atoms with E-state index in [0.29, 0.717) is 19.6 Å². The van der Waals surface area contributed by atoms with Crippen LogP contribution < -0.4 is 0 Å². The van der Waals surface area contributed by atoms with Gasteiger partial charge in [0, 0.05) is 17.8 Å². The predicted molar refractivity (Wildman–Crippen MR) is 80.4 cm³/mol. The van der Waals surface area contributed by atoms with E-state index in [9.17, 15) is 14.4 Å². The molecular formula is C15H19NO5S. The van der Waals surface area contributed by atoms with Crippen LogP contribution in [0.15, 0.2) is 11.4 Å². The highest BCUT2D eigenvalue weighted by atomic mass is 32.1. The molecule has 1 atom stereocenters. The Morgan fingerprint density at radius 2 is 2.14 bits per heavy atom. The summed E-state index contributed by atoms with van der Waals surface area (Å²) in [6.45, 7) is 2.46. The van der Waals surface area contributed by atoms with E-state index in [1.54, 1.807) is 18.3 Å². The quantitative estimate of drug-likeness (QED) is 0.770. The number of amides is 1. The largest absolute Gasteiger partial charge is 0.467 e. The minimum Gasteiger partial charge on any atom is -0.467 e. The van der Waals surface area contributed by atoms with Crippen molar-refractivity contribution < 1.29 is 23.9 Å². The minimum atomic E-state index is -0.713. The van der Waals surface area contributed by atoms with Crippen molar-refractivity contribution in [2.45, 2.75) is 32.2 Å². The lowest BCUT2D eigenvalue weighted by atomic mass is 9.99. The number of esters is 2. The highest BCUT2D eigenvalue weighted by Crippen LogP contribution is 2.34. The SMILES string of the molecule is CCOC(=O)CCC(=O)N1CCc2sccc2C1C(=O)OC. The van der Waals surface area contributed by atoms with E-state index in [4.69, 9.17) is 9.47 Å². The summed E-state index contributed by atoms with van der Waals surface area (Å²) in [7, 11) is 1.31. The summed E-state index contributed by atoms with van der Waals surface area (Å²) < 4.78 is 9.66. The van der Waals surface area contributed by atoms with Gasteiger partial charge in [0.05, 0.1) is 20.1 Å². The molecule has 1 aliphatic rings. The third-order valence-electron chi connectivity index (χ3n) is 3.56. The average Bonchev–Trinajstić information content (AvgIpc) is 2.99. The van der Waals surface area contributed by atoms with Gasteiger partial charge in [-0.2, -0.15) is 0 Å². The Bertz CT molecular complexity index is 568. The molecule has 0 spiro atoms. The third-order valence-corrected chi connectivity index (χ3v) is 4.56. The maximum absolute atomic E-state index is 12.4. The van der Waals surface area contributed by atoms with Crippen LogP contribution in [0.1, 0.15) is 36.2 Å². The summed E-state index contributed by atoms with van der Waals surface area (Å²) in [5.41, 5.74) is 0.826. The van der Waals surface area contributed by atoms with Gasteiger partial charge in [-0.25, -0.2) is 4.79 Å². The summed E-state index contributed by atoms with van der Waals surface area (Å²) in [5, 5.41) is 1.91. The number of carbonyl (C=O) groups excluding carboxylic acids is 3. The zero-order chi connectivity index (χ0) is 16.1. The van der Waals surface area contributed by atoms with E-state index >= 15 is 0 Å². The van der Waals surface area contributed by atoms with Crippen molar-refractivity contribution in [2.24, 2.45) is 0 Å². The Hall–Kier alpha value is -1.89. The van der Waals surface area contributed by atoms with Gasteiger partial charge in [-0.3, -0.25) is 9.59 Å². The van der Waals surface area contributed by atoms with Gasteiger partial charge in [-0.15, -0.1) is 11.3 Å². The smallest absolute Gasteiger partial charge is 0.333 e. The molecule has 1 aromatic rings. The lowest BCUT2D eigenvalue weighted by molar-refractivity contribution is -0.154. The molecule has 0 aromatic carbocycles. The predicted octanol–water partition coefficient (Wildman–Crippen LogP) is 1.69. The molecule has 0 saturated carbocycles. The molecule has 0 bridgehead atoms. The normalized spacial score (nSPS) is 16.8. The van der Waals surface area contributed by atoms with Gasteiger partial charge in [0.25, 0.3) is 0 Å². The maximum Gasteiger partial charge on any atom is 0.333 e. The molecule has 0 radical (unpaired) electrons. The number of nitrogens with zero attached hydrogens (tertiary/aromatic N) is 1. The molecule has 22 heavy (non-hydrogen) atoms. The molecule has 2 heterocycles. The van der Waals surface area contributed by atoms with Crippen molar-refractivity contribution in [3.05, 3.63) is 21.9 Å². The Morgan fingerprint density at radius 1 is 1.36 bits per heavy atom. The molecule has 0 N–H and O–H groups in total. The summed E-state index contributed by atoms with van der Waals surface area (Å²) in [6, 6.07) is 1.14. The number of fused-ring (bicyclic) bond motifs is 1. The Kier molecular flexibility index (Phi) is 5.54. The molecular weight excluding hydrogens is 306 g/mol. The summed E-state index contributed by atoms with van der Waals surface area (Å²) in [5.74, 6) is -1.09. The molecule has 1 unspecified atom stereocenters. The molecule has 1 amide bonds. The van der Waals surface area contributed by atoms with E-state index in [0.717, 1.165) is 10.4 Å². The maximum atomic E-state index is 12.4. The lowest BCUT2D eigenvalue weighted by Crippen LogP contribution is -2.43. The second-order valence-electron chi connectivity index (χ2n) is 4.87. The number of carbonyl (C=O) groups is 3. The van der Waals surface area contributed by atoms with Crippen LogP contribution in [-0.2, 0) is 30.3 Å². The van der Waals surface area contributed by atoms with Gasteiger partial charge < -0.3 is 14.4 Å². The molecule has 0 aliphatic carbocycles. The monoisotopic (exact) mass is 325 g/mol. The lowest BCUT2D eigenvalue weighted by Gasteiger charge is -2.34. The second kappa shape index (κ2) is 7.40. The molecule has 6 nitrogen and oxygen atoms in total. The first kappa shape index (κ1) is 16.5. The molecule has 7 heteroatoms. The van der Waals surface area contributed by atoms with Crippen molar-refractivity contribution in [3.63, 3.8) is 0 Å². The van der Waals surface area contributed by atoms with Crippen LogP contribution in [0.25, 0.3) is 0 Å². The first-order chi connectivity index (χ1) is 10.6. The summed E-state index contributed by atoms with van der Waals surface area (Å²) in [4.78, 5) is 38.4. The van der Waals surface area contributed by atoms with Gasteiger partial charge >= 0.3 is 11.9 Å². The van der Waals surface area contributed by atoms with Crippen molar-refractivity contribution in [3.8, 4) is 0 Å². The van der Waals surface area contributed by atoms with Crippen LogP contribution in [0, 0.1) is 0 Å². The van der Waals surface area contributed by atoms with E-state index in [2.05, 4.69) is 0 Å². The van der Waals surface area contributed by atoms with Crippen LogP contribution >= 0.6 is 11.3 Å². The number of rotatable bonds is 5. The average molecular weight is 325 g/mol. The van der Waals surface area contributed by atoms with Crippen LogP contribution in [0.4, 0.5) is 0 Å². The van der Waals surface area contributed by atoms with Crippen LogP contribution in [0.2, 0.25) is 0 Å².